The van der Waals surface area contributed by atoms with E-state index in [9.17, 15) is 9.59 Å². The number of benzene rings is 2. The molecule has 4 aromatic heterocycles. The number of ether oxygens (including phenoxy) is 3. The van der Waals surface area contributed by atoms with Crippen LogP contribution in [0.15, 0.2) is 102 Å². The quantitative estimate of drug-likeness (QED) is 0.127. The van der Waals surface area contributed by atoms with Crippen LogP contribution in [0.5, 0.6) is 17.2 Å². The summed E-state index contributed by atoms with van der Waals surface area (Å²) in [7, 11) is 0. The van der Waals surface area contributed by atoms with Crippen molar-refractivity contribution < 1.29 is 23.4 Å². The molecule has 1 saturated heterocycles. The van der Waals surface area contributed by atoms with Gasteiger partial charge in [-0.25, -0.2) is 4.39 Å². The van der Waals surface area contributed by atoms with E-state index in [0.29, 0.717) is 22.5 Å². The third kappa shape index (κ3) is 7.61. The summed E-state index contributed by atoms with van der Waals surface area (Å²) in [6, 6.07) is 22.7. The zero-order valence-corrected chi connectivity index (χ0v) is 28.8. The summed E-state index contributed by atoms with van der Waals surface area (Å²) in [5, 5.41) is 0. The van der Waals surface area contributed by atoms with E-state index in [4.69, 9.17) is 19.2 Å². The highest BCUT2D eigenvalue weighted by molar-refractivity contribution is 7.22. The fraction of sp³-hybridized carbons (Fsp3) is 0.211. The Morgan fingerprint density at radius 1 is 0.940 bits per heavy atom. The number of pyridine rings is 3. The molecule has 0 radical (unpaired) electrons. The van der Waals surface area contributed by atoms with Crippen molar-refractivity contribution in [1.82, 2.24) is 19.4 Å². The predicted octanol–water partition coefficient (Wildman–Crippen LogP) is 7.52. The number of Topliss-reactive ketones (excluding diaryl/α,β-unsaturated/α-hetero) is 1. The van der Waals surface area contributed by atoms with Crippen molar-refractivity contribution in [2.75, 3.05) is 32.9 Å². The van der Waals surface area contributed by atoms with Gasteiger partial charge in [-0.3, -0.25) is 29.0 Å². The van der Waals surface area contributed by atoms with Gasteiger partial charge in [-0.2, -0.15) is 0 Å². The largest absolute Gasteiger partial charge is 0.493 e. The minimum atomic E-state index is -0.635. The highest BCUT2D eigenvalue weighted by atomic mass is 35.5. The minimum absolute atomic E-state index is 0. The number of morpholine rings is 1. The van der Waals surface area contributed by atoms with Crippen LogP contribution in [0.2, 0.25) is 0 Å². The molecule has 2 aromatic carbocycles. The summed E-state index contributed by atoms with van der Waals surface area (Å²) < 4.78 is 34.8. The summed E-state index contributed by atoms with van der Waals surface area (Å²) in [4.78, 5) is 39.4. The number of hydrogen-bond donors (Lipinski definition) is 0. The highest BCUT2D eigenvalue weighted by Gasteiger charge is 2.21. The van der Waals surface area contributed by atoms with Crippen molar-refractivity contribution in [2.24, 2.45) is 0 Å². The van der Waals surface area contributed by atoms with Crippen molar-refractivity contribution in [3.05, 3.63) is 130 Å². The maximum atomic E-state index is 15.5. The Balaban J connectivity index is 0.00000432. The average molecular weight is 713 g/mol. The van der Waals surface area contributed by atoms with Crippen LogP contribution >= 0.6 is 23.7 Å². The molecule has 1 aliphatic rings. The summed E-state index contributed by atoms with van der Waals surface area (Å²) in [5.74, 6) is -0.451. The molecule has 1 aliphatic heterocycles. The van der Waals surface area contributed by atoms with Gasteiger partial charge in [0.05, 0.1) is 40.6 Å². The Hall–Kier alpha value is -4.94. The smallest absolute Gasteiger partial charge is 0.269 e. The molecule has 0 unspecified atom stereocenters. The first-order chi connectivity index (χ1) is 24.0. The summed E-state index contributed by atoms with van der Waals surface area (Å²) in [5.41, 5.74) is 3.11. The maximum Gasteiger partial charge on any atom is 0.269 e. The number of carbonyl (C=O) groups is 1. The normalized spacial score (nSPS) is 13.2. The minimum Gasteiger partial charge on any atom is -0.493 e. The molecule has 0 bridgehead atoms. The van der Waals surface area contributed by atoms with Crippen LogP contribution in [0.25, 0.3) is 26.5 Å². The second kappa shape index (κ2) is 15.7. The van der Waals surface area contributed by atoms with Gasteiger partial charge in [-0.15, -0.1) is 23.7 Å². The molecule has 0 atom stereocenters. The third-order valence-electron chi connectivity index (χ3n) is 8.21. The zero-order chi connectivity index (χ0) is 33.7. The molecule has 0 amide bonds. The summed E-state index contributed by atoms with van der Waals surface area (Å²) >= 11 is 1.47. The first-order valence-electron chi connectivity index (χ1n) is 16.0. The van der Waals surface area contributed by atoms with Gasteiger partial charge in [0.1, 0.15) is 17.1 Å². The monoisotopic (exact) mass is 712 g/mol. The maximum absolute atomic E-state index is 15.5. The van der Waals surface area contributed by atoms with Crippen LogP contribution in [-0.2, 0) is 17.7 Å². The molecule has 7 rings (SSSR count). The molecule has 12 heteroatoms. The number of thiophene rings is 1. The zero-order valence-electron chi connectivity index (χ0n) is 27.2. The van der Waals surface area contributed by atoms with E-state index in [-0.39, 0.29) is 42.5 Å². The van der Waals surface area contributed by atoms with Crippen LogP contribution < -0.4 is 15.0 Å². The molecule has 256 valence electrons. The number of ketones is 1. The number of halogens is 2. The second-order valence-electron chi connectivity index (χ2n) is 11.5. The van der Waals surface area contributed by atoms with E-state index in [1.54, 1.807) is 49.6 Å². The number of fused-ring (bicyclic) bond motifs is 1. The molecule has 0 spiro atoms. The number of nitrogens with zero attached hydrogens (tertiary/aromatic N) is 4. The Morgan fingerprint density at radius 2 is 1.74 bits per heavy atom. The van der Waals surface area contributed by atoms with Crippen molar-refractivity contribution in [1.29, 1.82) is 0 Å². The van der Waals surface area contributed by atoms with Gasteiger partial charge < -0.3 is 14.2 Å². The third-order valence-corrected chi connectivity index (χ3v) is 9.37. The van der Waals surface area contributed by atoms with Gasteiger partial charge >= 0.3 is 0 Å². The van der Waals surface area contributed by atoms with Gasteiger partial charge in [0, 0.05) is 56.4 Å². The number of carbonyl (C=O) groups excluding carboxylic acids is 1. The number of hydrogen-bond acceptors (Lipinski definition) is 9. The Bertz CT molecular complexity index is 2170. The number of aromatic nitrogens is 3. The summed E-state index contributed by atoms with van der Waals surface area (Å²) in [6.45, 7) is 6.21. The fourth-order valence-electron chi connectivity index (χ4n) is 5.78. The van der Waals surface area contributed by atoms with E-state index in [1.165, 1.54) is 28.0 Å². The lowest BCUT2D eigenvalue weighted by Gasteiger charge is -2.26. The first-order valence-corrected chi connectivity index (χ1v) is 16.9. The van der Waals surface area contributed by atoms with Crippen LogP contribution in [0.4, 0.5) is 4.39 Å². The van der Waals surface area contributed by atoms with Crippen molar-refractivity contribution >= 4 is 39.7 Å². The van der Waals surface area contributed by atoms with Crippen LogP contribution in [0.1, 0.15) is 28.4 Å². The van der Waals surface area contributed by atoms with Gasteiger partial charge in [0.2, 0.25) is 0 Å². The fourth-order valence-corrected chi connectivity index (χ4v) is 6.82. The second-order valence-corrected chi connectivity index (χ2v) is 12.6. The Kier molecular flexibility index (Phi) is 11.0. The molecular weight excluding hydrogens is 679 g/mol. The van der Waals surface area contributed by atoms with Crippen molar-refractivity contribution in [3.8, 4) is 33.5 Å². The van der Waals surface area contributed by atoms with Gasteiger partial charge in [-0.1, -0.05) is 30.3 Å². The molecule has 0 aliphatic carbocycles. The van der Waals surface area contributed by atoms with Gasteiger partial charge in [0.15, 0.2) is 17.3 Å². The lowest BCUT2D eigenvalue weighted by molar-refractivity contribution is 0.0341. The number of para-hydroxylation sites is 1. The van der Waals surface area contributed by atoms with Crippen LogP contribution in [0.3, 0.4) is 0 Å². The van der Waals surface area contributed by atoms with E-state index >= 15 is 4.39 Å². The van der Waals surface area contributed by atoms with Crippen molar-refractivity contribution in [3.63, 3.8) is 0 Å². The standard InChI is InChI=1S/C38H33FN4O5S.ClH/c1-2-47-33-13-15-43(27-6-4-3-5-7-27)38(45)36(33)31(44)21-25-9-11-32(28(39)20-25)48-34-12-14-40-30-22-35(49-37(30)34)29-10-8-26(23-41-29)24-42-16-18-46-19-17-42;/h3-15,20,22-23H,2,16-19,21,24H2,1H3;1H. The van der Waals surface area contributed by atoms with Gasteiger partial charge in [-0.05, 0) is 60.5 Å². The molecular formula is C38H34ClFN4O5S. The van der Waals surface area contributed by atoms with Gasteiger partial charge in [0.25, 0.3) is 5.56 Å². The Labute approximate surface area is 298 Å². The van der Waals surface area contributed by atoms with E-state index in [0.717, 1.165) is 53.7 Å². The number of rotatable bonds is 11. The SMILES string of the molecule is CCOc1ccn(-c2ccccc2)c(=O)c1C(=O)Cc1ccc(Oc2ccnc3cc(-c4ccc(CN5CCOCC5)cn4)sc23)c(F)c1.Cl. The molecule has 0 saturated carbocycles. The molecule has 50 heavy (non-hydrogen) atoms. The lowest BCUT2D eigenvalue weighted by Crippen LogP contribution is -2.35. The molecule has 5 heterocycles. The molecule has 6 aromatic rings. The van der Waals surface area contributed by atoms with E-state index in [1.807, 2.05) is 36.5 Å². The highest BCUT2D eigenvalue weighted by Crippen LogP contribution is 2.39. The molecule has 9 nitrogen and oxygen atoms in total. The van der Waals surface area contributed by atoms with Crippen LogP contribution in [-0.4, -0.2) is 58.1 Å². The lowest BCUT2D eigenvalue weighted by atomic mass is 10.0. The molecule has 0 N–H and O–H groups in total. The molecule has 1 fully saturated rings. The summed E-state index contributed by atoms with van der Waals surface area (Å²) in [6.07, 6.45) is 4.90. The van der Waals surface area contributed by atoms with Crippen molar-refractivity contribution in [2.45, 2.75) is 19.9 Å². The Morgan fingerprint density at radius 3 is 2.48 bits per heavy atom. The average Bonchev–Trinajstić information content (AvgIpc) is 3.56. The van der Waals surface area contributed by atoms with E-state index in [2.05, 4.69) is 16.0 Å². The first kappa shape index (κ1) is 34.9. The van der Waals surface area contributed by atoms with E-state index < -0.39 is 17.2 Å². The predicted molar refractivity (Wildman–Crippen MR) is 194 cm³/mol. The van der Waals surface area contributed by atoms with Crippen LogP contribution in [0, 0.1) is 5.82 Å². The topological polar surface area (TPSA) is 95.8 Å².